The highest BCUT2D eigenvalue weighted by Gasteiger charge is 2.20. The molecule has 0 saturated carbocycles. The molecule has 3 N–H and O–H groups in total. The molecule has 1 aromatic rings. The molecule has 0 aliphatic heterocycles. The minimum atomic E-state index is -0.902. The number of halogens is 1. The third-order valence-electron chi connectivity index (χ3n) is 1.75. The lowest BCUT2D eigenvalue weighted by molar-refractivity contribution is -0.138. The maximum atomic E-state index is 10.7. The molecule has 13 heavy (non-hydrogen) atoms. The summed E-state index contributed by atoms with van der Waals surface area (Å²) >= 11 is 7.19. The zero-order valence-electron chi connectivity index (χ0n) is 7.08. The van der Waals surface area contributed by atoms with E-state index in [1.165, 1.54) is 11.3 Å². The van der Waals surface area contributed by atoms with Crippen molar-refractivity contribution in [2.45, 2.75) is 12.8 Å². The quantitative estimate of drug-likeness (QED) is 0.816. The molecule has 1 rings (SSSR count). The molecule has 0 aromatic carbocycles. The second kappa shape index (κ2) is 4.09. The molecule has 1 aromatic heterocycles. The molecule has 1 atom stereocenters. The monoisotopic (exact) mass is 219 g/mol. The summed E-state index contributed by atoms with van der Waals surface area (Å²) in [7, 11) is 0. The smallest absolute Gasteiger partial charge is 0.313 e. The molecule has 3 nitrogen and oxygen atoms in total. The van der Waals surface area contributed by atoms with Gasteiger partial charge in [-0.1, -0.05) is 11.6 Å². The largest absolute Gasteiger partial charge is 0.481 e. The molecular formula is C8H10ClNO2S. The molecule has 72 valence electrons. The Morgan fingerprint density at radius 1 is 1.85 bits per heavy atom. The van der Waals surface area contributed by atoms with Gasteiger partial charge in [0.25, 0.3) is 0 Å². The first-order chi connectivity index (χ1) is 6.06. The lowest BCUT2D eigenvalue weighted by atomic mass is 10.1. The molecule has 0 fully saturated rings. The molecule has 0 amide bonds. The fourth-order valence-electron chi connectivity index (χ4n) is 0.992. The van der Waals surface area contributed by atoms with Crippen LogP contribution < -0.4 is 5.73 Å². The van der Waals surface area contributed by atoms with Crippen LogP contribution in [-0.2, 0) is 4.79 Å². The second-order valence-electron chi connectivity index (χ2n) is 2.68. The average Bonchev–Trinajstić information content (AvgIpc) is 2.32. The number of carbonyl (C=O) groups is 1. The van der Waals surface area contributed by atoms with E-state index in [-0.39, 0.29) is 6.54 Å². The summed E-state index contributed by atoms with van der Waals surface area (Å²) in [6.07, 6.45) is 0. The van der Waals surface area contributed by atoms with Gasteiger partial charge in [0, 0.05) is 16.3 Å². The van der Waals surface area contributed by atoms with Crippen LogP contribution in [0.3, 0.4) is 0 Å². The number of aliphatic carboxylic acids is 1. The standard InChI is InChI=1S/C8H10ClNO2S/c1-4-6(9)2-7(13-4)5(3-10)8(11)12/h2,5H,3,10H2,1H3,(H,11,12). The number of nitrogens with two attached hydrogens (primary N) is 1. The predicted molar refractivity (Wildman–Crippen MR) is 53.5 cm³/mol. The van der Waals surface area contributed by atoms with Gasteiger partial charge >= 0.3 is 5.97 Å². The van der Waals surface area contributed by atoms with Crippen molar-refractivity contribution in [3.05, 3.63) is 20.8 Å². The predicted octanol–water partition coefficient (Wildman–Crippen LogP) is 1.84. The first-order valence-corrected chi connectivity index (χ1v) is 4.94. The fraction of sp³-hybridized carbons (Fsp3) is 0.375. The van der Waals surface area contributed by atoms with Crippen LogP contribution >= 0.6 is 22.9 Å². The van der Waals surface area contributed by atoms with E-state index < -0.39 is 11.9 Å². The van der Waals surface area contributed by atoms with Crippen molar-refractivity contribution in [3.63, 3.8) is 0 Å². The van der Waals surface area contributed by atoms with Gasteiger partial charge in [0.1, 0.15) is 5.92 Å². The number of hydrogen-bond donors (Lipinski definition) is 2. The Bertz CT molecular complexity index is 304. The Kier molecular flexibility index (Phi) is 3.30. The second-order valence-corrected chi connectivity index (χ2v) is 4.37. The van der Waals surface area contributed by atoms with Crippen molar-refractivity contribution >= 4 is 28.9 Å². The zero-order valence-corrected chi connectivity index (χ0v) is 8.65. The Balaban J connectivity index is 2.98. The third kappa shape index (κ3) is 2.21. The van der Waals surface area contributed by atoms with Crippen LogP contribution in [0.25, 0.3) is 0 Å². The first-order valence-electron chi connectivity index (χ1n) is 3.75. The Labute approximate surface area is 85.1 Å². The van der Waals surface area contributed by atoms with Gasteiger partial charge in [-0.05, 0) is 13.0 Å². The molecule has 5 heteroatoms. The van der Waals surface area contributed by atoms with Gasteiger partial charge in [0.15, 0.2) is 0 Å². The van der Waals surface area contributed by atoms with E-state index in [4.69, 9.17) is 22.4 Å². The number of carboxylic acid groups (broad SMARTS) is 1. The summed E-state index contributed by atoms with van der Waals surface area (Å²) < 4.78 is 0. The van der Waals surface area contributed by atoms with Crippen molar-refractivity contribution in [1.29, 1.82) is 0 Å². The number of thiophene rings is 1. The molecule has 1 unspecified atom stereocenters. The maximum absolute atomic E-state index is 10.7. The van der Waals surface area contributed by atoms with Gasteiger partial charge in [-0.2, -0.15) is 0 Å². The Hall–Kier alpha value is -0.580. The van der Waals surface area contributed by atoms with E-state index in [1.54, 1.807) is 6.07 Å². The van der Waals surface area contributed by atoms with E-state index in [0.29, 0.717) is 5.02 Å². The molecular weight excluding hydrogens is 210 g/mol. The van der Waals surface area contributed by atoms with E-state index in [9.17, 15) is 4.79 Å². The van der Waals surface area contributed by atoms with Crippen molar-refractivity contribution < 1.29 is 9.90 Å². The normalized spacial score (nSPS) is 12.8. The number of carboxylic acids is 1. The summed E-state index contributed by atoms with van der Waals surface area (Å²) in [5.74, 6) is -1.53. The SMILES string of the molecule is Cc1sc(C(CN)C(=O)O)cc1Cl. The van der Waals surface area contributed by atoms with E-state index in [2.05, 4.69) is 0 Å². The Morgan fingerprint density at radius 2 is 2.46 bits per heavy atom. The summed E-state index contributed by atoms with van der Waals surface area (Å²) in [6, 6.07) is 1.67. The van der Waals surface area contributed by atoms with Gasteiger partial charge in [-0.3, -0.25) is 4.79 Å². The van der Waals surface area contributed by atoms with E-state index in [0.717, 1.165) is 9.75 Å². The van der Waals surface area contributed by atoms with Crippen molar-refractivity contribution in [2.75, 3.05) is 6.54 Å². The van der Waals surface area contributed by atoms with E-state index >= 15 is 0 Å². The fourth-order valence-corrected chi connectivity index (χ4v) is 2.32. The first kappa shape index (κ1) is 10.5. The lowest BCUT2D eigenvalue weighted by Gasteiger charge is -2.05. The van der Waals surface area contributed by atoms with Crippen LogP contribution in [0.4, 0.5) is 0 Å². The average molecular weight is 220 g/mol. The van der Waals surface area contributed by atoms with Crippen molar-refractivity contribution in [1.82, 2.24) is 0 Å². The molecule has 1 heterocycles. The Morgan fingerprint density at radius 3 is 2.77 bits per heavy atom. The third-order valence-corrected chi connectivity index (χ3v) is 3.42. The van der Waals surface area contributed by atoms with Gasteiger partial charge in [0.05, 0.1) is 5.02 Å². The molecule has 0 bridgehead atoms. The molecule has 0 spiro atoms. The summed E-state index contributed by atoms with van der Waals surface area (Å²) in [5.41, 5.74) is 5.35. The van der Waals surface area contributed by atoms with Crippen LogP contribution in [0.2, 0.25) is 5.02 Å². The van der Waals surface area contributed by atoms with Gasteiger partial charge < -0.3 is 10.8 Å². The summed E-state index contributed by atoms with van der Waals surface area (Å²) in [4.78, 5) is 12.4. The van der Waals surface area contributed by atoms with Crippen molar-refractivity contribution in [2.24, 2.45) is 5.73 Å². The topological polar surface area (TPSA) is 63.3 Å². The number of hydrogen-bond acceptors (Lipinski definition) is 3. The maximum Gasteiger partial charge on any atom is 0.313 e. The van der Waals surface area contributed by atoms with Crippen LogP contribution in [0.15, 0.2) is 6.07 Å². The van der Waals surface area contributed by atoms with Gasteiger partial charge in [0.2, 0.25) is 0 Å². The molecule has 0 aliphatic carbocycles. The van der Waals surface area contributed by atoms with Crippen LogP contribution in [0.1, 0.15) is 15.7 Å². The number of aryl methyl sites for hydroxylation is 1. The highest BCUT2D eigenvalue weighted by atomic mass is 35.5. The molecule has 0 radical (unpaired) electrons. The lowest BCUT2D eigenvalue weighted by Crippen LogP contribution is -2.19. The van der Waals surface area contributed by atoms with Gasteiger partial charge in [-0.15, -0.1) is 11.3 Å². The summed E-state index contributed by atoms with van der Waals surface area (Å²) in [5, 5.41) is 9.42. The minimum absolute atomic E-state index is 0.103. The highest BCUT2D eigenvalue weighted by molar-refractivity contribution is 7.12. The van der Waals surface area contributed by atoms with Crippen LogP contribution in [0, 0.1) is 6.92 Å². The molecule has 0 aliphatic rings. The number of rotatable bonds is 3. The minimum Gasteiger partial charge on any atom is -0.481 e. The summed E-state index contributed by atoms with van der Waals surface area (Å²) in [6.45, 7) is 1.96. The van der Waals surface area contributed by atoms with Crippen LogP contribution in [-0.4, -0.2) is 17.6 Å². The highest BCUT2D eigenvalue weighted by Crippen LogP contribution is 2.30. The molecule has 0 saturated heterocycles. The van der Waals surface area contributed by atoms with E-state index in [1.807, 2.05) is 6.92 Å². The zero-order chi connectivity index (χ0) is 10.0. The van der Waals surface area contributed by atoms with Crippen LogP contribution in [0.5, 0.6) is 0 Å². The van der Waals surface area contributed by atoms with Crippen molar-refractivity contribution in [3.8, 4) is 0 Å². The van der Waals surface area contributed by atoms with Gasteiger partial charge in [-0.25, -0.2) is 0 Å².